The van der Waals surface area contributed by atoms with Gasteiger partial charge in [-0.15, -0.1) is 0 Å². The molecule has 114 valence electrons. The van der Waals surface area contributed by atoms with Gasteiger partial charge in [0.2, 0.25) is 0 Å². The van der Waals surface area contributed by atoms with Crippen molar-refractivity contribution in [2.24, 2.45) is 7.05 Å². The normalized spacial score (nSPS) is 14.4. The average Bonchev–Trinajstić information content (AvgIpc) is 2.70. The van der Waals surface area contributed by atoms with Crippen molar-refractivity contribution in [3.63, 3.8) is 0 Å². The lowest BCUT2D eigenvalue weighted by atomic mass is 9.99. The van der Waals surface area contributed by atoms with Gasteiger partial charge < -0.3 is 5.32 Å². The molecule has 0 saturated carbocycles. The number of Topliss-reactive ketones (excluding diaryl/α,β-unsaturated/α-hetero) is 1. The molecule has 5 nitrogen and oxygen atoms in total. The molecule has 1 aromatic carbocycles. The molecule has 0 fully saturated rings. The molecule has 0 radical (unpaired) electrons. The van der Waals surface area contributed by atoms with E-state index in [1.54, 1.807) is 16.8 Å². The van der Waals surface area contributed by atoms with Gasteiger partial charge in [0.15, 0.2) is 11.6 Å². The van der Waals surface area contributed by atoms with E-state index in [0.717, 1.165) is 36.1 Å². The van der Waals surface area contributed by atoms with E-state index in [9.17, 15) is 9.59 Å². The summed E-state index contributed by atoms with van der Waals surface area (Å²) in [6.07, 6.45) is 3.36. The Labute approximate surface area is 129 Å². The Bertz CT molecular complexity index is 727. The Morgan fingerprint density at radius 2 is 2.00 bits per heavy atom. The Kier molecular flexibility index (Phi) is 3.79. The molecule has 1 aliphatic carbocycles. The zero-order chi connectivity index (χ0) is 15.7. The first-order valence-electron chi connectivity index (χ1n) is 7.53. The van der Waals surface area contributed by atoms with Gasteiger partial charge in [0.1, 0.15) is 0 Å². The molecule has 0 unspecified atom stereocenters. The zero-order valence-electron chi connectivity index (χ0n) is 12.8. The zero-order valence-corrected chi connectivity index (χ0v) is 12.8. The van der Waals surface area contributed by atoms with Gasteiger partial charge in [-0.1, -0.05) is 6.07 Å². The highest BCUT2D eigenvalue weighted by molar-refractivity contribution is 6.05. The second-order valence-corrected chi connectivity index (χ2v) is 5.75. The van der Waals surface area contributed by atoms with E-state index in [0.29, 0.717) is 17.8 Å². The first kappa shape index (κ1) is 14.5. The molecule has 0 spiro atoms. The molecule has 1 aliphatic rings. The predicted molar refractivity (Wildman–Crippen MR) is 84.2 cm³/mol. The van der Waals surface area contributed by atoms with E-state index in [1.165, 1.54) is 0 Å². The van der Waals surface area contributed by atoms with Gasteiger partial charge in [0, 0.05) is 36.4 Å². The van der Waals surface area contributed by atoms with Gasteiger partial charge in [-0.05, 0) is 43.9 Å². The van der Waals surface area contributed by atoms with Crippen molar-refractivity contribution in [2.45, 2.75) is 32.6 Å². The summed E-state index contributed by atoms with van der Waals surface area (Å²) in [6, 6.07) is 7.16. The molecule has 0 atom stereocenters. The molecule has 0 aliphatic heterocycles. The summed E-state index contributed by atoms with van der Waals surface area (Å²) in [7, 11) is 1.83. The van der Waals surface area contributed by atoms with Crippen LogP contribution in [0.4, 0.5) is 5.82 Å². The minimum absolute atomic E-state index is 0.180. The summed E-state index contributed by atoms with van der Waals surface area (Å²) >= 11 is 0. The maximum Gasteiger partial charge on any atom is 0.256 e. The number of aryl methyl sites for hydroxylation is 3. The Morgan fingerprint density at radius 3 is 2.73 bits per heavy atom. The number of aromatic nitrogens is 2. The lowest BCUT2D eigenvalue weighted by molar-refractivity contribution is 0.0979. The van der Waals surface area contributed by atoms with Crippen molar-refractivity contribution in [2.75, 3.05) is 5.32 Å². The fourth-order valence-electron chi connectivity index (χ4n) is 2.76. The van der Waals surface area contributed by atoms with Crippen molar-refractivity contribution < 1.29 is 9.59 Å². The molecule has 5 heteroatoms. The molecule has 0 bridgehead atoms. The lowest BCUT2D eigenvalue weighted by Gasteiger charge is -2.08. The number of carbonyl (C=O) groups excluding carboxylic acids is 2. The second-order valence-electron chi connectivity index (χ2n) is 5.75. The van der Waals surface area contributed by atoms with Crippen LogP contribution in [0.3, 0.4) is 0 Å². The molecule has 2 aromatic rings. The van der Waals surface area contributed by atoms with Crippen LogP contribution in [0.25, 0.3) is 0 Å². The number of rotatable bonds is 2. The molecule has 1 aromatic heterocycles. The van der Waals surface area contributed by atoms with E-state index < -0.39 is 0 Å². The molecule has 1 heterocycles. The molecule has 3 rings (SSSR count). The number of ketones is 1. The Hall–Kier alpha value is -2.43. The van der Waals surface area contributed by atoms with Crippen molar-refractivity contribution in [1.82, 2.24) is 9.78 Å². The number of carbonyl (C=O) groups is 2. The SMILES string of the molecule is Cc1cc(NC(=O)c2ccc3c(c2)CCCCC3=O)nn1C. The highest BCUT2D eigenvalue weighted by atomic mass is 16.1. The van der Waals surface area contributed by atoms with Gasteiger partial charge in [-0.25, -0.2) is 0 Å². The molecular weight excluding hydrogens is 278 g/mol. The van der Waals surface area contributed by atoms with Crippen LogP contribution in [-0.4, -0.2) is 21.5 Å². The average molecular weight is 297 g/mol. The van der Waals surface area contributed by atoms with E-state index in [4.69, 9.17) is 0 Å². The monoisotopic (exact) mass is 297 g/mol. The Balaban J connectivity index is 1.84. The number of nitrogens with one attached hydrogen (secondary N) is 1. The number of anilines is 1. The molecule has 22 heavy (non-hydrogen) atoms. The quantitative estimate of drug-likeness (QED) is 0.867. The highest BCUT2D eigenvalue weighted by Gasteiger charge is 2.17. The van der Waals surface area contributed by atoms with E-state index >= 15 is 0 Å². The summed E-state index contributed by atoms with van der Waals surface area (Å²) in [5, 5.41) is 7.02. The third kappa shape index (κ3) is 2.79. The van der Waals surface area contributed by atoms with Crippen LogP contribution in [0, 0.1) is 6.92 Å². The number of fused-ring (bicyclic) bond motifs is 1. The molecule has 0 saturated heterocycles. The van der Waals surface area contributed by atoms with Crippen LogP contribution in [-0.2, 0) is 13.5 Å². The van der Waals surface area contributed by atoms with E-state index in [1.807, 2.05) is 26.1 Å². The van der Waals surface area contributed by atoms with Crippen molar-refractivity contribution in [3.05, 3.63) is 46.6 Å². The largest absolute Gasteiger partial charge is 0.305 e. The van der Waals surface area contributed by atoms with Crippen molar-refractivity contribution in [3.8, 4) is 0 Å². The smallest absolute Gasteiger partial charge is 0.256 e. The van der Waals surface area contributed by atoms with E-state index in [-0.39, 0.29) is 11.7 Å². The van der Waals surface area contributed by atoms with Gasteiger partial charge in [-0.3, -0.25) is 14.3 Å². The maximum atomic E-state index is 12.3. The third-order valence-corrected chi connectivity index (χ3v) is 4.12. The molecular formula is C17H19N3O2. The van der Waals surface area contributed by atoms with Gasteiger partial charge >= 0.3 is 0 Å². The molecule has 1 N–H and O–H groups in total. The van der Waals surface area contributed by atoms with Gasteiger partial charge in [0.25, 0.3) is 5.91 Å². The van der Waals surface area contributed by atoms with Gasteiger partial charge in [0.05, 0.1) is 0 Å². The van der Waals surface area contributed by atoms with Crippen molar-refractivity contribution in [1.29, 1.82) is 0 Å². The summed E-state index contributed by atoms with van der Waals surface area (Å²) in [5.41, 5.74) is 3.29. The number of benzene rings is 1. The summed E-state index contributed by atoms with van der Waals surface area (Å²) < 4.78 is 1.71. The predicted octanol–water partition coefficient (Wildman–Crippen LogP) is 2.89. The fraction of sp³-hybridized carbons (Fsp3) is 0.353. The molecule has 1 amide bonds. The Morgan fingerprint density at radius 1 is 1.23 bits per heavy atom. The van der Waals surface area contributed by atoms with Crippen LogP contribution in [0.15, 0.2) is 24.3 Å². The standard InChI is InChI=1S/C17H19N3O2/c1-11-9-16(19-20(11)2)18-17(22)13-7-8-14-12(10-13)5-3-4-6-15(14)21/h7-10H,3-6H2,1-2H3,(H,18,19,22). The number of nitrogens with zero attached hydrogens (tertiary/aromatic N) is 2. The summed E-state index contributed by atoms with van der Waals surface area (Å²) in [4.78, 5) is 24.3. The van der Waals surface area contributed by atoms with E-state index in [2.05, 4.69) is 10.4 Å². The first-order valence-corrected chi connectivity index (χ1v) is 7.53. The number of hydrogen-bond donors (Lipinski definition) is 1. The van der Waals surface area contributed by atoms with Crippen LogP contribution >= 0.6 is 0 Å². The minimum atomic E-state index is -0.197. The topological polar surface area (TPSA) is 64.0 Å². The number of amides is 1. The van der Waals surface area contributed by atoms with Crippen LogP contribution in [0.1, 0.15) is 51.2 Å². The van der Waals surface area contributed by atoms with Crippen molar-refractivity contribution >= 4 is 17.5 Å². The van der Waals surface area contributed by atoms with Crippen LogP contribution < -0.4 is 5.32 Å². The highest BCUT2D eigenvalue weighted by Crippen LogP contribution is 2.22. The third-order valence-electron chi connectivity index (χ3n) is 4.12. The maximum absolute atomic E-state index is 12.3. The summed E-state index contributed by atoms with van der Waals surface area (Å²) in [6.45, 7) is 1.93. The first-order chi connectivity index (χ1) is 10.5. The van der Waals surface area contributed by atoms with Gasteiger partial charge in [-0.2, -0.15) is 5.10 Å². The second kappa shape index (κ2) is 5.75. The van der Waals surface area contributed by atoms with Crippen LogP contribution in [0.2, 0.25) is 0 Å². The minimum Gasteiger partial charge on any atom is -0.305 e. The fourth-order valence-corrected chi connectivity index (χ4v) is 2.76. The lowest BCUT2D eigenvalue weighted by Crippen LogP contribution is -2.13. The summed E-state index contributed by atoms with van der Waals surface area (Å²) in [5.74, 6) is 0.522. The number of hydrogen-bond acceptors (Lipinski definition) is 3. The van der Waals surface area contributed by atoms with Crippen LogP contribution in [0.5, 0.6) is 0 Å².